The number of aromatic nitrogens is 2. The second-order valence-corrected chi connectivity index (χ2v) is 9.87. The molecule has 1 saturated heterocycles. The Bertz CT molecular complexity index is 1270. The largest absolute Gasteiger partial charge is 0.508 e. The normalized spacial score (nSPS) is 22.4. The Morgan fingerprint density at radius 2 is 1.90 bits per heavy atom. The van der Waals surface area contributed by atoms with Crippen LogP contribution in [-0.2, 0) is 9.84 Å². The summed E-state index contributed by atoms with van der Waals surface area (Å²) in [6, 6.07) is 12.1. The van der Waals surface area contributed by atoms with Gasteiger partial charge in [-0.05, 0) is 36.2 Å². The number of fused-ring (bicyclic) bond motifs is 1. The fourth-order valence-electron chi connectivity index (χ4n) is 4.44. The van der Waals surface area contributed by atoms with Gasteiger partial charge in [0.2, 0.25) is 0 Å². The van der Waals surface area contributed by atoms with Crippen molar-refractivity contribution < 1.29 is 23.4 Å². The van der Waals surface area contributed by atoms with Crippen LogP contribution in [0.25, 0.3) is 11.3 Å². The highest BCUT2D eigenvalue weighted by Crippen LogP contribution is 2.46. The lowest BCUT2D eigenvalue weighted by molar-refractivity contribution is 0.0677. The predicted octanol–water partition coefficient (Wildman–Crippen LogP) is 2.22. The topological polar surface area (TPSA) is 124 Å². The van der Waals surface area contributed by atoms with E-state index in [2.05, 4.69) is 10.2 Å². The number of nitrogens with zero attached hydrogens (tertiary/aromatic N) is 2. The Labute approximate surface area is 172 Å². The van der Waals surface area contributed by atoms with Crippen molar-refractivity contribution in [3.05, 3.63) is 65.4 Å². The Hall–Kier alpha value is -3.33. The van der Waals surface area contributed by atoms with Gasteiger partial charge in [0.1, 0.15) is 22.9 Å². The first-order chi connectivity index (χ1) is 14.4. The number of aromatic amines is 1. The number of phenols is 2. The van der Waals surface area contributed by atoms with E-state index in [0.29, 0.717) is 28.8 Å². The maximum atomic E-state index is 13.3. The lowest BCUT2D eigenvalue weighted by Crippen LogP contribution is -2.40. The molecule has 8 nitrogen and oxygen atoms in total. The van der Waals surface area contributed by atoms with Crippen LogP contribution < -0.4 is 0 Å². The molecule has 2 atom stereocenters. The van der Waals surface area contributed by atoms with E-state index >= 15 is 0 Å². The van der Waals surface area contributed by atoms with Gasteiger partial charge >= 0.3 is 0 Å². The molecule has 0 aliphatic carbocycles. The summed E-state index contributed by atoms with van der Waals surface area (Å²) in [5.74, 6) is -0.338. The fourth-order valence-corrected chi connectivity index (χ4v) is 6.15. The lowest BCUT2D eigenvalue weighted by Gasteiger charge is -2.31. The smallest absolute Gasteiger partial charge is 0.273 e. The minimum atomic E-state index is -3.22. The van der Waals surface area contributed by atoms with Gasteiger partial charge in [0, 0.05) is 17.2 Å². The molecule has 3 N–H and O–H groups in total. The van der Waals surface area contributed by atoms with Gasteiger partial charge in [-0.1, -0.05) is 24.3 Å². The fraction of sp³-hybridized carbons (Fsp3) is 0.238. The zero-order chi connectivity index (χ0) is 21.0. The average molecular weight is 425 g/mol. The Morgan fingerprint density at radius 3 is 2.60 bits per heavy atom. The van der Waals surface area contributed by atoms with Crippen LogP contribution in [0.1, 0.15) is 34.1 Å². The number of benzene rings is 2. The molecular formula is C21H19N3O5S. The highest BCUT2D eigenvalue weighted by Gasteiger charge is 2.48. The first-order valence-corrected chi connectivity index (χ1v) is 11.4. The summed E-state index contributed by atoms with van der Waals surface area (Å²) in [5, 5.41) is 27.5. The first-order valence-electron chi connectivity index (χ1n) is 9.54. The minimum absolute atomic E-state index is 0.0239. The number of aromatic hydroxyl groups is 2. The third-order valence-electron chi connectivity index (χ3n) is 5.75. The number of amides is 1. The quantitative estimate of drug-likeness (QED) is 0.591. The standard InChI is InChI=1S/C21H19N3O5S/c25-14-5-3-4-12(10-14)20-17-18(15-6-1-2-7-16(15)26)22-23-19(17)21(27)24(20)13-8-9-30(28,29)11-13/h1-7,10,13,20,25-26H,8-9,11H2,(H,22,23)/t13-,20-/m1/s1. The molecule has 2 aromatic carbocycles. The van der Waals surface area contributed by atoms with Crippen molar-refractivity contribution >= 4 is 15.7 Å². The number of carbonyl (C=O) groups is 1. The molecule has 30 heavy (non-hydrogen) atoms. The van der Waals surface area contributed by atoms with Crippen molar-refractivity contribution in [3.63, 3.8) is 0 Å². The summed E-state index contributed by atoms with van der Waals surface area (Å²) in [6.45, 7) is 0. The summed E-state index contributed by atoms with van der Waals surface area (Å²) in [7, 11) is -3.22. The lowest BCUT2D eigenvalue weighted by atomic mass is 9.95. The highest BCUT2D eigenvalue weighted by molar-refractivity contribution is 7.91. The molecular weight excluding hydrogens is 406 g/mol. The molecule has 2 aliphatic rings. The molecule has 0 unspecified atom stereocenters. The van der Waals surface area contributed by atoms with Crippen LogP contribution in [0, 0.1) is 0 Å². The van der Waals surface area contributed by atoms with Crippen molar-refractivity contribution in [2.45, 2.75) is 18.5 Å². The summed E-state index contributed by atoms with van der Waals surface area (Å²) in [4.78, 5) is 14.9. The van der Waals surface area contributed by atoms with Crippen molar-refractivity contribution in [2.24, 2.45) is 0 Å². The van der Waals surface area contributed by atoms with Crippen molar-refractivity contribution in [1.82, 2.24) is 15.1 Å². The molecule has 5 rings (SSSR count). The number of nitrogens with one attached hydrogen (secondary N) is 1. The van der Waals surface area contributed by atoms with Crippen LogP contribution in [0.15, 0.2) is 48.5 Å². The van der Waals surface area contributed by atoms with Gasteiger partial charge in [0.15, 0.2) is 9.84 Å². The molecule has 3 aromatic rings. The molecule has 0 saturated carbocycles. The van der Waals surface area contributed by atoms with Gasteiger partial charge in [-0.2, -0.15) is 5.10 Å². The third-order valence-corrected chi connectivity index (χ3v) is 7.50. The number of H-pyrrole nitrogens is 1. The van der Waals surface area contributed by atoms with Gasteiger partial charge in [-0.3, -0.25) is 9.89 Å². The van der Waals surface area contributed by atoms with Crippen LogP contribution in [0.3, 0.4) is 0 Å². The van der Waals surface area contributed by atoms with E-state index in [9.17, 15) is 23.4 Å². The van der Waals surface area contributed by atoms with Gasteiger partial charge in [-0.15, -0.1) is 0 Å². The number of para-hydroxylation sites is 1. The number of rotatable bonds is 3. The SMILES string of the molecule is O=C1c2[nH]nc(-c3ccccc3O)c2[C@@H](c2cccc(O)c2)N1[C@@H]1CCS(=O)(=O)C1. The van der Waals surface area contributed by atoms with Gasteiger partial charge < -0.3 is 15.1 Å². The van der Waals surface area contributed by atoms with Gasteiger partial charge in [-0.25, -0.2) is 8.42 Å². The second-order valence-electron chi connectivity index (χ2n) is 7.64. The van der Waals surface area contributed by atoms with E-state index in [1.54, 1.807) is 41.3 Å². The highest BCUT2D eigenvalue weighted by atomic mass is 32.2. The van der Waals surface area contributed by atoms with E-state index in [1.165, 1.54) is 12.1 Å². The Morgan fingerprint density at radius 1 is 1.10 bits per heavy atom. The van der Waals surface area contributed by atoms with Crippen LogP contribution in [0.4, 0.5) is 0 Å². The molecule has 9 heteroatoms. The average Bonchev–Trinajstić information content (AvgIpc) is 3.36. The number of phenolic OH excluding ortho intramolecular Hbond substituents is 2. The minimum Gasteiger partial charge on any atom is -0.508 e. The number of sulfone groups is 1. The van der Waals surface area contributed by atoms with E-state index < -0.39 is 21.9 Å². The molecule has 1 amide bonds. The molecule has 0 spiro atoms. The summed E-state index contributed by atoms with van der Waals surface area (Å²) in [6.07, 6.45) is 0.354. The predicted molar refractivity (Wildman–Crippen MR) is 109 cm³/mol. The third kappa shape index (κ3) is 2.85. The number of carbonyl (C=O) groups excluding carboxylic acids is 1. The summed E-state index contributed by atoms with van der Waals surface area (Å²) < 4.78 is 24.2. The molecule has 1 fully saturated rings. The molecule has 154 valence electrons. The van der Waals surface area contributed by atoms with E-state index in [1.807, 2.05) is 0 Å². The number of hydrogen-bond acceptors (Lipinski definition) is 6. The molecule has 2 aliphatic heterocycles. The zero-order valence-corrected chi connectivity index (χ0v) is 16.6. The molecule has 1 aromatic heterocycles. The molecule has 0 bridgehead atoms. The Balaban J connectivity index is 1.71. The van der Waals surface area contributed by atoms with Crippen molar-refractivity contribution in [2.75, 3.05) is 11.5 Å². The molecule has 0 radical (unpaired) electrons. The van der Waals surface area contributed by atoms with E-state index in [4.69, 9.17) is 0 Å². The second kappa shape index (κ2) is 6.60. The van der Waals surface area contributed by atoms with E-state index in [0.717, 1.165) is 0 Å². The van der Waals surface area contributed by atoms with Crippen LogP contribution in [0.5, 0.6) is 11.5 Å². The number of hydrogen-bond donors (Lipinski definition) is 3. The first kappa shape index (κ1) is 18.7. The monoisotopic (exact) mass is 425 g/mol. The summed E-state index contributed by atoms with van der Waals surface area (Å²) in [5.41, 5.74) is 2.37. The van der Waals surface area contributed by atoms with Crippen LogP contribution in [0.2, 0.25) is 0 Å². The van der Waals surface area contributed by atoms with Gasteiger partial charge in [0.05, 0.1) is 17.5 Å². The Kier molecular flexibility index (Phi) is 4.11. The van der Waals surface area contributed by atoms with Crippen LogP contribution >= 0.6 is 0 Å². The summed E-state index contributed by atoms with van der Waals surface area (Å²) >= 11 is 0. The molecule has 3 heterocycles. The zero-order valence-electron chi connectivity index (χ0n) is 15.8. The van der Waals surface area contributed by atoms with Gasteiger partial charge in [0.25, 0.3) is 5.91 Å². The maximum Gasteiger partial charge on any atom is 0.273 e. The van der Waals surface area contributed by atoms with Crippen molar-refractivity contribution in [3.8, 4) is 22.8 Å². The maximum absolute atomic E-state index is 13.3. The van der Waals surface area contributed by atoms with Crippen LogP contribution in [-0.4, -0.2) is 57.2 Å². The van der Waals surface area contributed by atoms with Crippen molar-refractivity contribution in [1.29, 1.82) is 0 Å². The van der Waals surface area contributed by atoms with E-state index in [-0.39, 0.29) is 34.6 Å².